The zero-order chi connectivity index (χ0) is 62.4. The minimum absolute atomic E-state index is 0.187. The Balaban J connectivity index is 0.000000124. The smallest absolute Gasteiger partial charge is 0.409 e. The molecule has 3 atom stereocenters. The number of nitrogens with zero attached hydrogens (tertiary/aromatic N) is 13. The number of carbonyl (C=O) groups is 1. The third-order valence-corrected chi connectivity index (χ3v) is 20.5. The molecule has 3 aliphatic carbocycles. The SMILES string of the molecule is CC1Cc2ncnc(-c3cccc(S(C)(=O)=O)c3)c2CN1c1ccnc2c1C=CC2.COC(=O)N1CCCC(c2ncnc3c2CN(c2cc(Cl)nc4c2C=CC4)[C@H](C)C3)C1.CS(=O)(=O)c1cccc(-c2ncnc3c2CN(c2ccnc4c2C=CC4)CC3)c1. The first-order chi connectivity index (χ1) is 43.5. The normalized spacial score (nSPS) is 18.5. The number of piperidine rings is 1. The number of hydrogen-bond acceptors (Lipinski definition) is 18. The van der Waals surface area contributed by atoms with E-state index in [4.69, 9.17) is 21.3 Å². The van der Waals surface area contributed by atoms with Gasteiger partial charge in [0.1, 0.15) is 24.1 Å². The van der Waals surface area contributed by atoms with Gasteiger partial charge in [0.05, 0.1) is 68.1 Å². The van der Waals surface area contributed by atoms with Gasteiger partial charge >= 0.3 is 6.09 Å². The number of benzene rings is 2. The van der Waals surface area contributed by atoms with Gasteiger partial charge in [-0.1, -0.05) is 72.3 Å². The van der Waals surface area contributed by atoms with Crippen LogP contribution in [0.25, 0.3) is 40.7 Å². The Morgan fingerprint density at radius 1 is 0.578 bits per heavy atom. The van der Waals surface area contributed by atoms with Gasteiger partial charge in [-0.05, 0) is 69.2 Å². The predicted molar refractivity (Wildman–Crippen MR) is 349 cm³/mol. The van der Waals surface area contributed by atoms with Crippen LogP contribution < -0.4 is 14.7 Å². The minimum Gasteiger partial charge on any atom is -0.453 e. The molecule has 0 radical (unpaired) electrons. The highest BCUT2D eigenvalue weighted by molar-refractivity contribution is 7.91. The van der Waals surface area contributed by atoms with E-state index in [2.05, 4.69) is 117 Å². The van der Waals surface area contributed by atoms with E-state index in [0.717, 1.165) is 156 Å². The summed E-state index contributed by atoms with van der Waals surface area (Å²) in [5.41, 5.74) is 20.9. The number of carbonyl (C=O) groups excluding carboxylic acids is 1. The van der Waals surface area contributed by atoms with Crippen LogP contribution in [0, 0.1) is 0 Å². The first kappa shape index (κ1) is 60.1. The summed E-state index contributed by atoms with van der Waals surface area (Å²) in [5, 5.41) is 0.529. The van der Waals surface area contributed by atoms with Crippen LogP contribution in [0.1, 0.15) is 106 Å². The largest absolute Gasteiger partial charge is 0.453 e. The molecule has 7 aliphatic rings. The molecule has 19 nitrogen and oxygen atoms in total. The summed E-state index contributed by atoms with van der Waals surface area (Å²) in [7, 11) is -5.14. The summed E-state index contributed by atoms with van der Waals surface area (Å²) in [5.74, 6) is 0.187. The lowest BCUT2D eigenvalue weighted by molar-refractivity contribution is 0.110. The highest BCUT2D eigenvalue weighted by Crippen LogP contribution is 2.41. The van der Waals surface area contributed by atoms with E-state index in [1.165, 1.54) is 47.7 Å². The fourth-order valence-corrected chi connectivity index (χ4v) is 15.1. The molecule has 0 saturated carbocycles. The minimum atomic E-state index is -3.29. The van der Waals surface area contributed by atoms with Crippen molar-refractivity contribution in [2.75, 3.05) is 54.0 Å². The number of halogens is 1. The van der Waals surface area contributed by atoms with Gasteiger partial charge in [0.25, 0.3) is 0 Å². The molecule has 1 fully saturated rings. The van der Waals surface area contributed by atoms with Crippen molar-refractivity contribution in [1.29, 1.82) is 0 Å². The van der Waals surface area contributed by atoms with Crippen molar-refractivity contribution < 1.29 is 26.4 Å². The molecule has 4 aliphatic heterocycles. The fraction of sp³-hybridized carbons (Fsp3) is 0.324. The van der Waals surface area contributed by atoms with E-state index >= 15 is 0 Å². The quantitative estimate of drug-likeness (QED) is 0.129. The fourth-order valence-electron chi connectivity index (χ4n) is 13.5. The number of pyridine rings is 3. The van der Waals surface area contributed by atoms with Crippen molar-refractivity contribution in [1.82, 2.24) is 49.8 Å². The van der Waals surface area contributed by atoms with Crippen molar-refractivity contribution in [3.05, 3.63) is 195 Å². The average Bonchev–Trinajstić information content (AvgIpc) is 1.28. The topological polar surface area (TPSA) is 224 Å². The third-order valence-electron chi connectivity index (χ3n) is 18.0. The van der Waals surface area contributed by atoms with Gasteiger partial charge in [-0.2, -0.15) is 0 Å². The maximum atomic E-state index is 12.1. The highest BCUT2D eigenvalue weighted by Gasteiger charge is 2.35. The van der Waals surface area contributed by atoms with E-state index in [1.807, 2.05) is 30.6 Å². The van der Waals surface area contributed by atoms with E-state index in [1.54, 1.807) is 60.3 Å². The zero-order valence-electron chi connectivity index (χ0n) is 50.8. The maximum absolute atomic E-state index is 12.1. The van der Waals surface area contributed by atoms with E-state index < -0.39 is 19.7 Å². The van der Waals surface area contributed by atoms with Crippen molar-refractivity contribution >= 4 is 72.7 Å². The second-order valence-corrected chi connectivity index (χ2v) is 28.3. The number of rotatable bonds is 8. The Hall–Kier alpha value is -8.79. The van der Waals surface area contributed by atoms with Crippen LogP contribution in [-0.4, -0.2) is 124 Å². The molecular weight excluding hydrogens is 1190 g/mol. The molecule has 0 N–H and O–H groups in total. The molecule has 90 heavy (non-hydrogen) atoms. The molecule has 2 unspecified atom stereocenters. The number of methoxy groups -OCH3 is 1. The number of amides is 1. The molecule has 0 bridgehead atoms. The lowest BCUT2D eigenvalue weighted by Gasteiger charge is -2.39. The van der Waals surface area contributed by atoms with Crippen LogP contribution in [0.5, 0.6) is 0 Å². The van der Waals surface area contributed by atoms with Gasteiger partial charge < -0.3 is 24.3 Å². The van der Waals surface area contributed by atoms with E-state index in [9.17, 15) is 21.6 Å². The summed E-state index contributed by atoms with van der Waals surface area (Å²) in [6.45, 7) is 8.74. The number of ether oxygens (including phenoxy) is 1. The number of hydrogen-bond donors (Lipinski definition) is 0. The molecule has 15 rings (SSSR count). The molecule has 8 aromatic rings. The number of aromatic nitrogens is 9. The van der Waals surface area contributed by atoms with Crippen LogP contribution in [0.2, 0.25) is 5.15 Å². The Bertz CT molecular complexity index is 4490. The van der Waals surface area contributed by atoms with Gasteiger partial charge in [-0.3, -0.25) is 9.97 Å². The number of likely N-dealkylation sites (tertiary alicyclic amines) is 1. The molecule has 1 saturated heterocycles. The molecule has 10 heterocycles. The van der Waals surface area contributed by atoms with E-state index in [0.29, 0.717) is 34.6 Å². The summed E-state index contributed by atoms with van der Waals surface area (Å²) < 4.78 is 53.0. The number of anilines is 3. The molecule has 1 amide bonds. The van der Waals surface area contributed by atoms with Crippen LogP contribution in [-0.2, 0) is 82.6 Å². The Kier molecular flexibility index (Phi) is 16.6. The van der Waals surface area contributed by atoms with Crippen LogP contribution in [0.3, 0.4) is 0 Å². The molecule has 2 aromatic carbocycles. The summed E-state index contributed by atoms with van der Waals surface area (Å²) in [6, 6.07) is 20.7. The van der Waals surface area contributed by atoms with Crippen molar-refractivity contribution in [3.63, 3.8) is 0 Å². The Morgan fingerprint density at radius 3 is 1.73 bits per heavy atom. The standard InChI is InChI=1S/C23H26ClN5O2.C23H22N4O2S.C22H20N4O2S/c1-14-9-19-17(12-29(14)20-10-21(24)27-18-7-3-6-16(18)20)22(26-13-25-19)15-5-4-8-28(11-15)23(30)31-2;1-15-11-21-19(13-27(15)22-9-10-24-20-8-4-7-18(20)22)23(26-14-25-21)16-5-3-6-17(12-16)30(2,28)29;1-29(27,28)16-5-2-4-15(12-16)22-18-13-26(11-9-20(18)24-14-25-22)21-8-10-23-19-7-3-6-17(19)21/h3,6,10,13-15H,4-5,7-9,11-12H2,1-2H3;3-7,9-10,12,14-15H,8,11,13H2,1-2H3;2-6,8,10,12,14H,7,9,11,13H2,1H3/t14-,15?;;/m1../s1. The first-order valence-electron chi connectivity index (χ1n) is 30.3. The van der Waals surface area contributed by atoms with Gasteiger partial charge in [0.2, 0.25) is 0 Å². The maximum Gasteiger partial charge on any atom is 0.409 e. The molecule has 6 aromatic heterocycles. The number of sulfone groups is 2. The number of allylic oxidation sites excluding steroid dienone is 3. The van der Waals surface area contributed by atoms with Crippen LogP contribution in [0.15, 0.2) is 126 Å². The molecular formula is C68H68ClN13O6S2. The summed E-state index contributed by atoms with van der Waals surface area (Å²) >= 11 is 6.37. The second kappa shape index (κ2) is 24.9. The molecule has 22 heteroatoms. The van der Waals surface area contributed by atoms with Crippen molar-refractivity contribution in [2.24, 2.45) is 0 Å². The van der Waals surface area contributed by atoms with E-state index in [-0.39, 0.29) is 24.1 Å². The van der Waals surface area contributed by atoms with Crippen molar-refractivity contribution in [2.45, 2.75) is 113 Å². The van der Waals surface area contributed by atoms with Gasteiger partial charge in [-0.25, -0.2) is 56.5 Å². The Morgan fingerprint density at radius 2 is 1.11 bits per heavy atom. The second-order valence-electron chi connectivity index (χ2n) is 23.9. The zero-order valence-corrected chi connectivity index (χ0v) is 53.2. The summed E-state index contributed by atoms with van der Waals surface area (Å²) in [6.07, 6.45) is 30.6. The van der Waals surface area contributed by atoms with Gasteiger partial charge in [-0.15, -0.1) is 0 Å². The van der Waals surface area contributed by atoms with Crippen LogP contribution >= 0.6 is 11.6 Å². The van der Waals surface area contributed by atoms with Gasteiger partial charge in [0.15, 0.2) is 19.7 Å². The number of fused-ring (bicyclic) bond motifs is 6. The Labute approximate surface area is 529 Å². The third kappa shape index (κ3) is 12.1. The van der Waals surface area contributed by atoms with Crippen LogP contribution in [0.4, 0.5) is 21.9 Å². The lowest BCUT2D eigenvalue weighted by atomic mass is 9.88. The molecule has 0 spiro atoms. The summed E-state index contributed by atoms with van der Waals surface area (Å²) in [4.78, 5) is 62.5. The molecule has 460 valence electrons. The first-order valence-corrected chi connectivity index (χ1v) is 34.5. The highest BCUT2D eigenvalue weighted by atomic mass is 35.5. The average molecular weight is 1260 g/mol. The van der Waals surface area contributed by atoms with Gasteiger partial charge in [0, 0.05) is 182 Å². The predicted octanol–water partition coefficient (Wildman–Crippen LogP) is 10.5. The van der Waals surface area contributed by atoms with Crippen molar-refractivity contribution in [3.8, 4) is 22.5 Å². The lowest BCUT2D eigenvalue weighted by Crippen LogP contribution is -2.42. The monoisotopic (exact) mass is 1260 g/mol.